The number of rotatable bonds is 4. The lowest BCUT2D eigenvalue weighted by Gasteiger charge is -2.28. The molecule has 1 atom stereocenters. The number of benzene rings is 2. The molecule has 0 fully saturated rings. The molecule has 2 aromatic rings. The monoisotopic (exact) mass is 429 g/mol. The van der Waals surface area contributed by atoms with E-state index in [2.05, 4.69) is 22.0 Å². The Hall–Kier alpha value is -2.85. The van der Waals surface area contributed by atoms with Crippen LogP contribution in [0.1, 0.15) is 17.0 Å². The average Bonchev–Trinajstić information content (AvgIpc) is 2.66. The van der Waals surface area contributed by atoms with Crippen molar-refractivity contribution in [2.75, 3.05) is 33.2 Å². The molecule has 1 heterocycles. The third-order valence-electron chi connectivity index (χ3n) is 4.53. The minimum absolute atomic E-state index is 0.104. The van der Waals surface area contributed by atoms with E-state index in [1.54, 1.807) is 14.2 Å². The van der Waals surface area contributed by atoms with Crippen molar-refractivity contribution < 1.29 is 14.2 Å². The maximum absolute atomic E-state index is 9.73. The lowest BCUT2D eigenvalue weighted by atomic mass is 9.83. The van der Waals surface area contributed by atoms with Gasteiger partial charge in [-0.25, -0.2) is 0 Å². The van der Waals surface area contributed by atoms with Crippen LogP contribution in [0.2, 0.25) is 0 Å². The van der Waals surface area contributed by atoms with Gasteiger partial charge in [-0.15, -0.1) is 0 Å². The summed E-state index contributed by atoms with van der Waals surface area (Å²) in [6.07, 6.45) is 0. The molecule has 2 N–H and O–H groups in total. The van der Waals surface area contributed by atoms with Gasteiger partial charge >= 0.3 is 0 Å². The van der Waals surface area contributed by atoms with Crippen molar-refractivity contribution in [1.29, 1.82) is 5.26 Å². The first kappa shape index (κ1) is 18.9. The SMILES string of the molecule is COc1cc(Br)c(C2C(C#N)=C(N)Oc3cc(N(C)C)ccc32)cc1OC. The number of nitrogens with zero attached hydrogens (tertiary/aromatic N) is 2. The van der Waals surface area contributed by atoms with E-state index >= 15 is 0 Å². The molecule has 27 heavy (non-hydrogen) atoms. The van der Waals surface area contributed by atoms with Crippen LogP contribution in [0.5, 0.6) is 17.2 Å². The molecule has 1 aliphatic rings. The highest BCUT2D eigenvalue weighted by Gasteiger charge is 2.33. The van der Waals surface area contributed by atoms with Gasteiger partial charge in [0.25, 0.3) is 0 Å². The van der Waals surface area contributed by atoms with E-state index in [0.717, 1.165) is 21.3 Å². The zero-order chi connectivity index (χ0) is 19.7. The first-order valence-electron chi connectivity index (χ1n) is 8.21. The van der Waals surface area contributed by atoms with E-state index < -0.39 is 0 Å². The summed E-state index contributed by atoms with van der Waals surface area (Å²) in [6.45, 7) is 0. The topological polar surface area (TPSA) is 80.7 Å². The summed E-state index contributed by atoms with van der Waals surface area (Å²) in [5.41, 5.74) is 9.12. The van der Waals surface area contributed by atoms with Gasteiger partial charge in [0.05, 0.1) is 20.1 Å². The van der Waals surface area contributed by atoms with E-state index in [4.69, 9.17) is 19.9 Å². The number of anilines is 1. The number of methoxy groups -OCH3 is 2. The van der Waals surface area contributed by atoms with Crippen LogP contribution in [-0.2, 0) is 0 Å². The standard InChI is InChI=1S/C20H20BrN3O3/c1-24(2)11-5-6-12-16(7-11)27-20(23)14(10-22)19(12)13-8-17(25-3)18(26-4)9-15(13)21/h5-9,19H,23H2,1-4H3. The normalized spacial score (nSPS) is 15.5. The minimum atomic E-state index is -0.385. The summed E-state index contributed by atoms with van der Waals surface area (Å²) >= 11 is 3.60. The number of hydrogen-bond acceptors (Lipinski definition) is 6. The molecule has 1 unspecified atom stereocenters. The van der Waals surface area contributed by atoms with Crippen molar-refractivity contribution in [3.63, 3.8) is 0 Å². The smallest absolute Gasteiger partial charge is 0.205 e. The van der Waals surface area contributed by atoms with Crippen LogP contribution in [0, 0.1) is 11.3 Å². The first-order valence-corrected chi connectivity index (χ1v) is 9.00. The van der Waals surface area contributed by atoms with Gasteiger partial charge in [0, 0.05) is 35.9 Å². The van der Waals surface area contributed by atoms with Gasteiger partial charge < -0.3 is 24.8 Å². The number of hydrogen-bond donors (Lipinski definition) is 1. The van der Waals surface area contributed by atoms with Crippen LogP contribution in [0.25, 0.3) is 0 Å². The van der Waals surface area contributed by atoms with Gasteiger partial charge in [-0.05, 0) is 23.8 Å². The Labute approximate surface area is 166 Å². The highest BCUT2D eigenvalue weighted by Crippen LogP contribution is 2.47. The van der Waals surface area contributed by atoms with Gasteiger partial charge in [-0.3, -0.25) is 0 Å². The fourth-order valence-corrected chi connectivity index (χ4v) is 3.68. The Morgan fingerprint density at radius 3 is 2.37 bits per heavy atom. The summed E-state index contributed by atoms with van der Waals surface area (Å²) in [4.78, 5) is 1.98. The second-order valence-corrected chi connectivity index (χ2v) is 7.12. The highest BCUT2D eigenvalue weighted by molar-refractivity contribution is 9.10. The second kappa shape index (κ2) is 7.41. The van der Waals surface area contributed by atoms with Gasteiger partial charge in [-0.1, -0.05) is 22.0 Å². The van der Waals surface area contributed by atoms with E-state index in [9.17, 15) is 5.26 Å². The maximum atomic E-state index is 9.73. The molecule has 7 heteroatoms. The third kappa shape index (κ3) is 3.28. The summed E-state index contributed by atoms with van der Waals surface area (Å²) in [5.74, 6) is 1.52. The Balaban J connectivity index is 2.24. The van der Waals surface area contributed by atoms with E-state index in [0.29, 0.717) is 22.8 Å². The molecule has 0 amide bonds. The van der Waals surface area contributed by atoms with Crippen molar-refractivity contribution in [3.8, 4) is 23.3 Å². The number of halogens is 1. The highest BCUT2D eigenvalue weighted by atomic mass is 79.9. The van der Waals surface area contributed by atoms with Crippen LogP contribution < -0.4 is 24.8 Å². The van der Waals surface area contributed by atoms with E-state index in [-0.39, 0.29) is 11.8 Å². The molecule has 0 aromatic heterocycles. The number of allylic oxidation sites excluding steroid dienone is 1. The Bertz CT molecular complexity index is 964. The van der Waals surface area contributed by atoms with Crippen LogP contribution in [0.4, 0.5) is 5.69 Å². The second-order valence-electron chi connectivity index (χ2n) is 6.27. The molecule has 0 radical (unpaired) electrons. The average molecular weight is 430 g/mol. The minimum Gasteiger partial charge on any atom is -0.493 e. The lowest BCUT2D eigenvalue weighted by Crippen LogP contribution is -2.22. The molecule has 0 aliphatic carbocycles. The molecular weight excluding hydrogens is 410 g/mol. The summed E-state index contributed by atoms with van der Waals surface area (Å²) < 4.78 is 17.3. The number of nitriles is 1. The fraction of sp³-hybridized carbons (Fsp3) is 0.250. The number of fused-ring (bicyclic) bond motifs is 1. The summed E-state index contributed by atoms with van der Waals surface area (Å²) in [7, 11) is 7.06. The quantitative estimate of drug-likeness (QED) is 0.796. The van der Waals surface area contributed by atoms with Crippen molar-refractivity contribution >= 4 is 21.6 Å². The first-order chi connectivity index (χ1) is 12.9. The summed E-state index contributed by atoms with van der Waals surface area (Å²) in [6, 6.07) is 11.7. The fourth-order valence-electron chi connectivity index (χ4n) is 3.13. The van der Waals surface area contributed by atoms with Crippen molar-refractivity contribution in [1.82, 2.24) is 0 Å². The van der Waals surface area contributed by atoms with Gasteiger partial charge in [0.2, 0.25) is 5.88 Å². The predicted octanol–water partition coefficient (Wildman–Crippen LogP) is 3.75. The van der Waals surface area contributed by atoms with E-state index in [1.807, 2.05) is 49.3 Å². The summed E-state index contributed by atoms with van der Waals surface area (Å²) in [5, 5.41) is 9.73. The molecule has 6 nitrogen and oxygen atoms in total. The maximum Gasteiger partial charge on any atom is 0.205 e. The van der Waals surface area contributed by atoms with Gasteiger partial charge in [0.15, 0.2) is 11.5 Å². The molecule has 0 saturated carbocycles. The Morgan fingerprint density at radius 1 is 1.11 bits per heavy atom. The van der Waals surface area contributed by atoms with Crippen LogP contribution in [0.15, 0.2) is 46.3 Å². The molecule has 0 saturated heterocycles. The largest absolute Gasteiger partial charge is 0.493 e. The molecule has 3 rings (SSSR count). The Kier molecular flexibility index (Phi) is 5.19. The van der Waals surface area contributed by atoms with Crippen molar-refractivity contribution in [2.45, 2.75) is 5.92 Å². The number of ether oxygens (including phenoxy) is 3. The zero-order valence-electron chi connectivity index (χ0n) is 15.5. The molecule has 0 spiro atoms. The van der Waals surface area contributed by atoms with Crippen LogP contribution in [-0.4, -0.2) is 28.3 Å². The predicted molar refractivity (Wildman–Crippen MR) is 107 cm³/mol. The van der Waals surface area contributed by atoms with Crippen LogP contribution in [0.3, 0.4) is 0 Å². The number of nitrogens with two attached hydrogens (primary N) is 1. The van der Waals surface area contributed by atoms with E-state index in [1.165, 1.54) is 0 Å². The van der Waals surface area contributed by atoms with Gasteiger partial charge in [0.1, 0.15) is 17.4 Å². The van der Waals surface area contributed by atoms with Crippen LogP contribution >= 0.6 is 15.9 Å². The molecule has 1 aliphatic heterocycles. The molecule has 140 valence electrons. The van der Waals surface area contributed by atoms with Crippen molar-refractivity contribution in [3.05, 3.63) is 57.4 Å². The lowest BCUT2D eigenvalue weighted by molar-refractivity contribution is 0.354. The molecule has 2 aromatic carbocycles. The molecular formula is C20H20BrN3O3. The van der Waals surface area contributed by atoms with Crippen molar-refractivity contribution in [2.24, 2.45) is 5.73 Å². The molecule has 0 bridgehead atoms. The Morgan fingerprint density at radius 2 is 1.78 bits per heavy atom. The van der Waals surface area contributed by atoms with Gasteiger partial charge in [-0.2, -0.15) is 5.26 Å². The third-order valence-corrected chi connectivity index (χ3v) is 5.22. The zero-order valence-corrected chi connectivity index (χ0v) is 17.1.